The monoisotopic (exact) mass is 352 g/mol. The van der Waals surface area contributed by atoms with Crippen LogP contribution in [0.4, 0.5) is 0 Å². The minimum Gasteiger partial charge on any atom is -0.379 e. The lowest BCUT2D eigenvalue weighted by molar-refractivity contribution is 0.0211. The van der Waals surface area contributed by atoms with Crippen molar-refractivity contribution in [1.29, 1.82) is 0 Å². The van der Waals surface area contributed by atoms with Gasteiger partial charge in [0, 0.05) is 43.6 Å². The quantitative estimate of drug-likeness (QED) is 0.556. The number of ether oxygens (including phenoxy) is 1. The molecule has 0 amide bonds. The summed E-state index contributed by atoms with van der Waals surface area (Å²) in [4.78, 5) is 8.68. The highest BCUT2D eigenvalue weighted by molar-refractivity contribution is 7.09. The average molecular weight is 353 g/mol. The van der Waals surface area contributed by atoms with E-state index in [1.165, 1.54) is 4.88 Å². The smallest absolute Gasteiger partial charge is 0.191 e. The molecule has 0 spiro atoms. The van der Waals surface area contributed by atoms with Crippen LogP contribution in [0.25, 0.3) is 0 Å². The van der Waals surface area contributed by atoms with E-state index in [1.807, 2.05) is 11.3 Å². The minimum absolute atomic E-state index is 0.487. The summed E-state index contributed by atoms with van der Waals surface area (Å²) in [5.41, 5.74) is 0. The fourth-order valence-corrected chi connectivity index (χ4v) is 3.69. The van der Waals surface area contributed by atoms with Gasteiger partial charge in [-0.3, -0.25) is 9.89 Å². The van der Waals surface area contributed by atoms with Gasteiger partial charge in [0.1, 0.15) is 0 Å². The third-order valence-electron chi connectivity index (χ3n) is 4.27. The van der Waals surface area contributed by atoms with Crippen molar-refractivity contribution >= 4 is 17.3 Å². The van der Waals surface area contributed by atoms with Gasteiger partial charge >= 0.3 is 0 Å². The van der Waals surface area contributed by atoms with Gasteiger partial charge < -0.3 is 15.4 Å². The molecule has 1 fully saturated rings. The standard InChI is InChI=1S/C18H32N4OS/c1-4-19-18(20-13-15(2)12-17-6-5-11-24-17)21-14-16(3)22-7-9-23-10-8-22/h5-6,11,15-16H,4,7-10,12-14H2,1-3H3,(H2,19,20,21). The van der Waals surface area contributed by atoms with E-state index in [4.69, 9.17) is 9.73 Å². The number of rotatable bonds is 8. The summed E-state index contributed by atoms with van der Waals surface area (Å²) in [6, 6.07) is 4.81. The van der Waals surface area contributed by atoms with Crippen LogP contribution in [-0.4, -0.2) is 62.8 Å². The highest BCUT2D eigenvalue weighted by atomic mass is 32.1. The summed E-state index contributed by atoms with van der Waals surface area (Å²) < 4.78 is 5.42. The number of hydrogen-bond donors (Lipinski definition) is 2. The van der Waals surface area contributed by atoms with Crippen LogP contribution in [-0.2, 0) is 11.2 Å². The zero-order valence-electron chi connectivity index (χ0n) is 15.3. The molecule has 1 aromatic heterocycles. The number of morpholine rings is 1. The van der Waals surface area contributed by atoms with Gasteiger partial charge in [-0.2, -0.15) is 0 Å². The SMILES string of the molecule is CCNC(=NCC(C)Cc1cccs1)NCC(C)N1CCOCC1. The van der Waals surface area contributed by atoms with Crippen molar-refractivity contribution in [3.8, 4) is 0 Å². The Kier molecular flexibility index (Phi) is 8.56. The van der Waals surface area contributed by atoms with Crippen molar-refractivity contribution in [2.24, 2.45) is 10.9 Å². The van der Waals surface area contributed by atoms with Gasteiger partial charge in [0.25, 0.3) is 0 Å². The fraction of sp³-hybridized carbons (Fsp3) is 0.722. The second kappa shape index (κ2) is 10.7. The number of nitrogens with zero attached hydrogens (tertiary/aromatic N) is 2. The first-order valence-electron chi connectivity index (χ1n) is 9.05. The fourth-order valence-electron chi connectivity index (χ4n) is 2.82. The van der Waals surface area contributed by atoms with Gasteiger partial charge in [-0.25, -0.2) is 0 Å². The molecule has 1 aliphatic heterocycles. The zero-order chi connectivity index (χ0) is 17.2. The van der Waals surface area contributed by atoms with Crippen molar-refractivity contribution in [2.45, 2.75) is 33.2 Å². The van der Waals surface area contributed by atoms with Crippen LogP contribution in [0.1, 0.15) is 25.6 Å². The van der Waals surface area contributed by atoms with E-state index < -0.39 is 0 Å². The van der Waals surface area contributed by atoms with E-state index in [-0.39, 0.29) is 0 Å². The molecule has 1 saturated heterocycles. The largest absolute Gasteiger partial charge is 0.379 e. The molecule has 2 unspecified atom stereocenters. The Morgan fingerprint density at radius 1 is 1.33 bits per heavy atom. The summed E-state index contributed by atoms with van der Waals surface area (Å²) >= 11 is 1.83. The summed E-state index contributed by atoms with van der Waals surface area (Å²) in [5, 5.41) is 8.99. The molecule has 6 heteroatoms. The maximum absolute atomic E-state index is 5.42. The van der Waals surface area contributed by atoms with Gasteiger partial charge in [-0.15, -0.1) is 11.3 Å². The van der Waals surface area contributed by atoms with Crippen LogP contribution in [0.15, 0.2) is 22.5 Å². The van der Waals surface area contributed by atoms with Crippen LogP contribution >= 0.6 is 11.3 Å². The number of thiophene rings is 1. The third kappa shape index (κ3) is 6.79. The Hall–Kier alpha value is -1.11. The van der Waals surface area contributed by atoms with Gasteiger partial charge in [0.05, 0.1) is 13.2 Å². The lowest BCUT2D eigenvalue weighted by atomic mass is 10.1. The second-order valence-electron chi connectivity index (χ2n) is 6.49. The predicted molar refractivity (Wildman–Crippen MR) is 103 cm³/mol. The van der Waals surface area contributed by atoms with Crippen molar-refractivity contribution in [1.82, 2.24) is 15.5 Å². The van der Waals surface area contributed by atoms with E-state index >= 15 is 0 Å². The first-order chi connectivity index (χ1) is 11.7. The molecule has 0 aliphatic carbocycles. The van der Waals surface area contributed by atoms with E-state index in [2.05, 4.69) is 53.8 Å². The number of aliphatic imine (C=N–C) groups is 1. The van der Waals surface area contributed by atoms with E-state index in [0.717, 1.165) is 58.3 Å². The van der Waals surface area contributed by atoms with Crippen molar-refractivity contribution in [3.05, 3.63) is 22.4 Å². The molecule has 2 heterocycles. The van der Waals surface area contributed by atoms with Crippen LogP contribution in [0.2, 0.25) is 0 Å². The van der Waals surface area contributed by atoms with Gasteiger partial charge in [0.2, 0.25) is 0 Å². The molecule has 1 aromatic rings. The molecule has 5 nitrogen and oxygen atoms in total. The minimum atomic E-state index is 0.487. The molecule has 0 aromatic carbocycles. The average Bonchev–Trinajstić information content (AvgIpc) is 3.10. The Labute approximate surface area is 150 Å². The first kappa shape index (κ1) is 19.2. The Morgan fingerprint density at radius 3 is 2.79 bits per heavy atom. The van der Waals surface area contributed by atoms with Crippen LogP contribution in [0, 0.1) is 5.92 Å². The van der Waals surface area contributed by atoms with Crippen LogP contribution < -0.4 is 10.6 Å². The molecule has 2 rings (SSSR count). The van der Waals surface area contributed by atoms with Crippen LogP contribution in [0.5, 0.6) is 0 Å². The number of nitrogens with one attached hydrogen (secondary N) is 2. The molecular formula is C18H32N4OS. The molecule has 2 N–H and O–H groups in total. The van der Waals surface area contributed by atoms with Crippen molar-refractivity contribution < 1.29 is 4.74 Å². The maximum Gasteiger partial charge on any atom is 0.191 e. The highest BCUT2D eigenvalue weighted by Crippen LogP contribution is 2.14. The van der Waals surface area contributed by atoms with Gasteiger partial charge in [0.15, 0.2) is 5.96 Å². The summed E-state index contributed by atoms with van der Waals surface area (Å²) in [6.45, 7) is 13.0. The summed E-state index contributed by atoms with van der Waals surface area (Å²) in [5.74, 6) is 1.48. The summed E-state index contributed by atoms with van der Waals surface area (Å²) in [7, 11) is 0. The normalized spacial score (nSPS) is 19.0. The maximum atomic E-state index is 5.42. The molecule has 0 saturated carbocycles. The molecule has 2 atom stereocenters. The van der Waals surface area contributed by atoms with E-state index in [9.17, 15) is 0 Å². The Morgan fingerprint density at radius 2 is 2.12 bits per heavy atom. The second-order valence-corrected chi connectivity index (χ2v) is 7.52. The Bertz CT molecular complexity index is 471. The third-order valence-corrected chi connectivity index (χ3v) is 5.17. The molecule has 24 heavy (non-hydrogen) atoms. The van der Waals surface area contributed by atoms with Gasteiger partial charge in [-0.05, 0) is 37.6 Å². The highest BCUT2D eigenvalue weighted by Gasteiger charge is 2.17. The molecule has 0 radical (unpaired) electrons. The molecule has 1 aliphatic rings. The topological polar surface area (TPSA) is 48.9 Å². The van der Waals surface area contributed by atoms with E-state index in [0.29, 0.717) is 12.0 Å². The lowest BCUT2D eigenvalue weighted by Crippen LogP contribution is -2.49. The Balaban J connectivity index is 1.76. The van der Waals surface area contributed by atoms with Crippen LogP contribution in [0.3, 0.4) is 0 Å². The lowest BCUT2D eigenvalue weighted by Gasteiger charge is -2.32. The molecule has 136 valence electrons. The number of hydrogen-bond acceptors (Lipinski definition) is 4. The zero-order valence-corrected chi connectivity index (χ0v) is 16.1. The van der Waals surface area contributed by atoms with E-state index in [1.54, 1.807) is 0 Å². The predicted octanol–water partition coefficient (Wildman–Crippen LogP) is 2.20. The van der Waals surface area contributed by atoms with Crippen molar-refractivity contribution in [3.63, 3.8) is 0 Å². The number of guanidine groups is 1. The van der Waals surface area contributed by atoms with Crippen molar-refractivity contribution in [2.75, 3.05) is 45.9 Å². The first-order valence-corrected chi connectivity index (χ1v) is 9.93. The van der Waals surface area contributed by atoms with Gasteiger partial charge in [-0.1, -0.05) is 13.0 Å². The molecule has 0 bridgehead atoms. The summed E-state index contributed by atoms with van der Waals surface area (Å²) in [6.07, 6.45) is 1.10. The molecular weight excluding hydrogens is 320 g/mol.